The molecule has 0 unspecified atom stereocenters. The van der Waals surface area contributed by atoms with Gasteiger partial charge in [0, 0.05) is 5.69 Å². The van der Waals surface area contributed by atoms with Gasteiger partial charge in [0.05, 0.1) is 19.3 Å². The number of esters is 1. The largest absolute Gasteiger partial charge is 0.504 e. The highest BCUT2D eigenvalue weighted by atomic mass is 16.5. The average Bonchev–Trinajstić information content (AvgIpc) is 2.73. The van der Waals surface area contributed by atoms with E-state index in [4.69, 9.17) is 9.47 Å². The third-order valence-electron chi connectivity index (χ3n) is 3.99. The second kappa shape index (κ2) is 10.5. The van der Waals surface area contributed by atoms with Crippen LogP contribution in [0.1, 0.15) is 35.7 Å². The lowest BCUT2D eigenvalue weighted by atomic mass is 10.1. The Morgan fingerprint density at radius 2 is 1.93 bits per heavy atom. The molecule has 0 spiro atoms. The number of hydrogen-bond acceptors (Lipinski definition) is 6. The molecule has 2 aromatic rings. The van der Waals surface area contributed by atoms with Gasteiger partial charge >= 0.3 is 5.97 Å². The number of nitriles is 1. The lowest BCUT2D eigenvalue weighted by Crippen LogP contribution is -2.13. The average molecular weight is 394 g/mol. The van der Waals surface area contributed by atoms with E-state index < -0.39 is 11.9 Å². The molecule has 0 radical (unpaired) electrons. The summed E-state index contributed by atoms with van der Waals surface area (Å²) < 4.78 is 10.2. The van der Waals surface area contributed by atoms with Crippen LogP contribution in [0.15, 0.2) is 48.0 Å². The zero-order valence-corrected chi connectivity index (χ0v) is 16.3. The van der Waals surface area contributed by atoms with Crippen LogP contribution in [0.25, 0.3) is 6.08 Å². The molecule has 0 atom stereocenters. The summed E-state index contributed by atoms with van der Waals surface area (Å²) >= 11 is 0. The first-order valence-electron chi connectivity index (χ1n) is 9.05. The minimum atomic E-state index is -0.599. The van der Waals surface area contributed by atoms with E-state index in [0.29, 0.717) is 23.4 Å². The number of benzene rings is 2. The number of carbonyl (C=O) groups excluding carboxylic acids is 2. The number of nitrogens with zero attached hydrogens (tertiary/aromatic N) is 1. The van der Waals surface area contributed by atoms with E-state index in [2.05, 4.69) is 5.32 Å². The van der Waals surface area contributed by atoms with Crippen LogP contribution in [0, 0.1) is 11.3 Å². The maximum absolute atomic E-state index is 12.4. The Bertz CT molecular complexity index is 943. The lowest BCUT2D eigenvalue weighted by Gasteiger charge is -2.07. The molecule has 7 nitrogen and oxygen atoms in total. The molecule has 2 rings (SSSR count). The molecule has 7 heteroatoms. The fourth-order valence-electron chi connectivity index (χ4n) is 2.38. The Hall–Kier alpha value is -3.79. The number of phenolic OH excluding ortho intramolecular Hbond substituents is 1. The van der Waals surface area contributed by atoms with E-state index in [1.165, 1.54) is 25.3 Å². The van der Waals surface area contributed by atoms with Gasteiger partial charge in [-0.25, -0.2) is 4.79 Å². The Morgan fingerprint density at radius 1 is 1.21 bits per heavy atom. The van der Waals surface area contributed by atoms with E-state index >= 15 is 0 Å². The number of hydrogen-bond donors (Lipinski definition) is 2. The Kier molecular flexibility index (Phi) is 7.80. The molecule has 0 aliphatic heterocycles. The van der Waals surface area contributed by atoms with E-state index in [1.54, 1.807) is 30.3 Å². The van der Waals surface area contributed by atoms with Crippen molar-refractivity contribution >= 4 is 23.6 Å². The molecule has 1 amide bonds. The van der Waals surface area contributed by atoms with Gasteiger partial charge < -0.3 is 19.9 Å². The van der Waals surface area contributed by atoms with Gasteiger partial charge in [0.1, 0.15) is 11.6 Å². The third-order valence-corrected chi connectivity index (χ3v) is 3.99. The van der Waals surface area contributed by atoms with Gasteiger partial charge in [0.25, 0.3) is 5.91 Å². The monoisotopic (exact) mass is 394 g/mol. The second-order valence-electron chi connectivity index (χ2n) is 6.12. The van der Waals surface area contributed by atoms with Crippen molar-refractivity contribution in [3.05, 3.63) is 59.2 Å². The SMILES string of the molecule is CCCCOC(=O)c1ccc(NC(=O)/C(C#N)=C\c2ccc(O)c(OC)c2)cc1. The van der Waals surface area contributed by atoms with Gasteiger partial charge in [0.15, 0.2) is 11.5 Å². The highest BCUT2D eigenvalue weighted by Crippen LogP contribution is 2.27. The number of carbonyl (C=O) groups is 2. The van der Waals surface area contributed by atoms with E-state index in [-0.39, 0.29) is 17.1 Å². The number of unbranched alkanes of at least 4 members (excludes halogenated alkanes) is 1. The first kappa shape index (κ1) is 21.5. The summed E-state index contributed by atoms with van der Waals surface area (Å²) in [5, 5.41) is 21.6. The van der Waals surface area contributed by atoms with Crippen LogP contribution < -0.4 is 10.1 Å². The normalized spacial score (nSPS) is 10.7. The highest BCUT2D eigenvalue weighted by molar-refractivity contribution is 6.09. The van der Waals surface area contributed by atoms with Crippen LogP contribution in [-0.2, 0) is 9.53 Å². The summed E-state index contributed by atoms with van der Waals surface area (Å²) in [6, 6.07) is 12.6. The maximum Gasteiger partial charge on any atom is 0.338 e. The Morgan fingerprint density at radius 3 is 2.55 bits per heavy atom. The topological polar surface area (TPSA) is 109 Å². The van der Waals surface area contributed by atoms with Crippen molar-refractivity contribution in [1.29, 1.82) is 5.26 Å². The summed E-state index contributed by atoms with van der Waals surface area (Å²) in [7, 11) is 1.41. The third kappa shape index (κ3) is 6.11. The number of anilines is 1. The summed E-state index contributed by atoms with van der Waals surface area (Å²) in [5.74, 6) is -0.827. The van der Waals surface area contributed by atoms with E-state index in [1.807, 2.05) is 13.0 Å². The number of ether oxygens (including phenoxy) is 2. The lowest BCUT2D eigenvalue weighted by molar-refractivity contribution is -0.112. The molecule has 0 bridgehead atoms. The summed E-state index contributed by atoms with van der Waals surface area (Å²) in [4.78, 5) is 24.3. The van der Waals surface area contributed by atoms with Gasteiger partial charge in [0.2, 0.25) is 0 Å². The van der Waals surface area contributed by atoms with Crippen molar-refractivity contribution in [3.8, 4) is 17.6 Å². The molecule has 150 valence electrons. The van der Waals surface area contributed by atoms with Gasteiger partial charge in [-0.2, -0.15) is 5.26 Å². The number of nitrogens with one attached hydrogen (secondary N) is 1. The van der Waals surface area contributed by atoms with Crippen molar-refractivity contribution < 1.29 is 24.2 Å². The fourth-order valence-corrected chi connectivity index (χ4v) is 2.38. The van der Waals surface area contributed by atoms with Gasteiger partial charge in [-0.3, -0.25) is 4.79 Å². The van der Waals surface area contributed by atoms with Crippen LogP contribution in [0.5, 0.6) is 11.5 Å². The standard InChI is InChI=1S/C22H22N2O5/c1-3-4-11-29-22(27)16-6-8-18(9-7-16)24-21(26)17(14-23)12-15-5-10-19(25)20(13-15)28-2/h5-10,12-13,25H,3-4,11H2,1-2H3,(H,24,26)/b17-12-. The van der Waals surface area contributed by atoms with Crippen LogP contribution >= 0.6 is 0 Å². The summed E-state index contributed by atoms with van der Waals surface area (Å²) in [6.45, 7) is 2.37. The van der Waals surface area contributed by atoms with E-state index in [9.17, 15) is 20.0 Å². The number of amides is 1. The van der Waals surface area contributed by atoms with E-state index in [0.717, 1.165) is 12.8 Å². The molecule has 0 heterocycles. The van der Waals surface area contributed by atoms with Gasteiger partial charge in [-0.05, 0) is 54.5 Å². The number of aromatic hydroxyl groups is 1. The van der Waals surface area contributed by atoms with Crippen LogP contribution in [-0.4, -0.2) is 30.7 Å². The molecule has 0 aliphatic rings. The molecule has 29 heavy (non-hydrogen) atoms. The first-order chi connectivity index (χ1) is 14.0. The van der Waals surface area contributed by atoms with Crippen molar-refractivity contribution in [3.63, 3.8) is 0 Å². The molecule has 0 saturated carbocycles. The number of rotatable bonds is 8. The Balaban J connectivity index is 2.08. The quantitative estimate of drug-likeness (QED) is 0.304. The Labute approximate surface area is 169 Å². The smallest absolute Gasteiger partial charge is 0.338 e. The van der Waals surface area contributed by atoms with Crippen molar-refractivity contribution in [2.45, 2.75) is 19.8 Å². The molecular weight excluding hydrogens is 372 g/mol. The van der Waals surface area contributed by atoms with Crippen LogP contribution in [0.3, 0.4) is 0 Å². The fraction of sp³-hybridized carbons (Fsp3) is 0.227. The molecule has 0 aliphatic carbocycles. The maximum atomic E-state index is 12.4. The van der Waals surface area contributed by atoms with Crippen LogP contribution in [0.2, 0.25) is 0 Å². The van der Waals surface area contributed by atoms with Gasteiger partial charge in [-0.15, -0.1) is 0 Å². The number of phenols is 1. The molecular formula is C22H22N2O5. The predicted molar refractivity (Wildman–Crippen MR) is 109 cm³/mol. The highest BCUT2D eigenvalue weighted by Gasteiger charge is 2.12. The van der Waals surface area contributed by atoms with Crippen molar-refractivity contribution in [2.75, 3.05) is 19.0 Å². The van der Waals surface area contributed by atoms with Gasteiger partial charge in [-0.1, -0.05) is 19.4 Å². The van der Waals surface area contributed by atoms with Crippen molar-refractivity contribution in [1.82, 2.24) is 0 Å². The zero-order chi connectivity index (χ0) is 21.2. The van der Waals surface area contributed by atoms with Crippen molar-refractivity contribution in [2.24, 2.45) is 0 Å². The van der Waals surface area contributed by atoms with Crippen LogP contribution in [0.4, 0.5) is 5.69 Å². The molecule has 0 aromatic heterocycles. The molecule has 2 N–H and O–H groups in total. The molecule has 2 aromatic carbocycles. The molecule has 0 fully saturated rings. The minimum absolute atomic E-state index is 0.0408. The predicted octanol–water partition coefficient (Wildman–Crippen LogP) is 3.90. The summed E-state index contributed by atoms with van der Waals surface area (Å²) in [5.41, 5.74) is 1.22. The minimum Gasteiger partial charge on any atom is -0.504 e. The first-order valence-corrected chi connectivity index (χ1v) is 9.05. The summed E-state index contributed by atoms with van der Waals surface area (Å²) in [6.07, 6.45) is 3.12. The second-order valence-corrected chi connectivity index (χ2v) is 6.12. The zero-order valence-electron chi connectivity index (χ0n) is 16.3. The number of methoxy groups -OCH3 is 1. The molecule has 0 saturated heterocycles.